The summed E-state index contributed by atoms with van der Waals surface area (Å²) in [6.07, 6.45) is 2.87. The lowest BCUT2D eigenvalue weighted by molar-refractivity contribution is -0.183. The monoisotopic (exact) mass is 469 g/mol. The van der Waals surface area contributed by atoms with E-state index < -0.39 is 18.1 Å². The Hall–Kier alpha value is -1.88. The molecule has 1 fully saturated rings. The molecule has 1 saturated heterocycles. The normalized spacial score (nSPS) is 27.5. The molecule has 2 aliphatic heterocycles. The Kier molecular flexibility index (Phi) is 4.96. The lowest BCUT2D eigenvalue weighted by Crippen LogP contribution is -2.51. The second-order valence-corrected chi connectivity index (χ2v) is 10.1. The third kappa shape index (κ3) is 3.69. The van der Waals surface area contributed by atoms with Crippen LogP contribution in [0.15, 0.2) is 16.7 Å². The molecule has 11 heteroatoms. The number of thiophene rings is 1. The Morgan fingerprint density at radius 1 is 1.35 bits per heavy atom. The largest absolute Gasteiger partial charge is 0.444 e. The number of hydrogen-bond donors (Lipinski definition) is 1. The maximum absolute atomic E-state index is 14.5. The minimum Gasteiger partial charge on any atom is -0.444 e. The van der Waals surface area contributed by atoms with E-state index in [1.54, 1.807) is 4.68 Å². The van der Waals surface area contributed by atoms with Crippen molar-refractivity contribution >= 4 is 22.9 Å². The van der Waals surface area contributed by atoms with Gasteiger partial charge in [-0.2, -0.15) is 8.78 Å². The molecule has 1 N–H and O–H groups in total. The van der Waals surface area contributed by atoms with E-state index in [9.17, 15) is 8.78 Å². The summed E-state index contributed by atoms with van der Waals surface area (Å²) in [5.41, 5.74) is 0.720. The Morgan fingerprint density at radius 2 is 2.16 bits per heavy atom. The standard InChI is InChI=1S/C20H22ClF2N5O2S/c1-10-5-19(18-13(4-16(21)31-18)20(22,23)9-29-19)6-14(24-10)15-7-28(27-26-15)8-17-25-11(2)12(3)30-17/h4,7,10,14,24H,5-6,8-9H2,1-3H3/t10-,14-,19-/m0/s1. The number of halogens is 3. The topological polar surface area (TPSA) is 78.0 Å². The van der Waals surface area contributed by atoms with E-state index >= 15 is 0 Å². The number of oxazole rings is 1. The van der Waals surface area contributed by atoms with Gasteiger partial charge in [-0.05, 0) is 33.3 Å². The highest BCUT2D eigenvalue weighted by Crippen LogP contribution is 2.54. The number of nitrogens with one attached hydrogen (secondary N) is 1. The lowest BCUT2D eigenvalue weighted by Gasteiger charge is -2.47. The highest BCUT2D eigenvalue weighted by molar-refractivity contribution is 7.16. The zero-order valence-corrected chi connectivity index (χ0v) is 18.9. The van der Waals surface area contributed by atoms with E-state index in [0.29, 0.717) is 34.5 Å². The van der Waals surface area contributed by atoms with Gasteiger partial charge in [-0.15, -0.1) is 16.4 Å². The van der Waals surface area contributed by atoms with Gasteiger partial charge in [0.1, 0.15) is 24.5 Å². The zero-order chi connectivity index (χ0) is 22.0. The van der Waals surface area contributed by atoms with Crippen molar-refractivity contribution in [3.8, 4) is 0 Å². The van der Waals surface area contributed by atoms with Crippen LogP contribution in [0.5, 0.6) is 0 Å². The van der Waals surface area contributed by atoms with E-state index in [-0.39, 0.29) is 17.6 Å². The number of aromatic nitrogens is 4. The van der Waals surface area contributed by atoms with Crippen LogP contribution in [-0.4, -0.2) is 32.6 Å². The minimum atomic E-state index is -3.04. The van der Waals surface area contributed by atoms with Gasteiger partial charge in [-0.1, -0.05) is 16.8 Å². The van der Waals surface area contributed by atoms with Gasteiger partial charge in [-0.25, -0.2) is 9.67 Å². The van der Waals surface area contributed by atoms with Crippen LogP contribution >= 0.6 is 22.9 Å². The van der Waals surface area contributed by atoms with Gasteiger partial charge < -0.3 is 14.5 Å². The van der Waals surface area contributed by atoms with Gasteiger partial charge >= 0.3 is 0 Å². The van der Waals surface area contributed by atoms with Gasteiger partial charge in [0.15, 0.2) is 0 Å². The van der Waals surface area contributed by atoms with Crippen LogP contribution in [0.1, 0.15) is 59.3 Å². The quantitative estimate of drug-likeness (QED) is 0.609. The zero-order valence-electron chi connectivity index (χ0n) is 17.3. The van der Waals surface area contributed by atoms with Crippen molar-refractivity contribution in [2.45, 2.75) is 63.8 Å². The van der Waals surface area contributed by atoms with Crippen LogP contribution in [0, 0.1) is 13.8 Å². The van der Waals surface area contributed by atoms with Crippen molar-refractivity contribution in [1.29, 1.82) is 0 Å². The molecular weight excluding hydrogens is 448 g/mol. The van der Waals surface area contributed by atoms with Crippen molar-refractivity contribution in [2.75, 3.05) is 6.61 Å². The van der Waals surface area contributed by atoms with Crippen LogP contribution in [-0.2, 0) is 22.8 Å². The van der Waals surface area contributed by atoms with E-state index in [1.807, 2.05) is 27.0 Å². The van der Waals surface area contributed by atoms with Crippen molar-refractivity contribution < 1.29 is 17.9 Å². The first-order valence-electron chi connectivity index (χ1n) is 10.1. The molecule has 0 unspecified atom stereocenters. The molecule has 0 amide bonds. The Balaban J connectivity index is 1.42. The minimum absolute atomic E-state index is 0.0140. The molecule has 2 aliphatic rings. The molecule has 0 aliphatic carbocycles. The molecule has 3 aromatic rings. The van der Waals surface area contributed by atoms with E-state index in [4.69, 9.17) is 20.8 Å². The summed E-state index contributed by atoms with van der Waals surface area (Å²) in [6, 6.07) is 1.21. The van der Waals surface area contributed by atoms with Crippen LogP contribution in [0.4, 0.5) is 8.78 Å². The van der Waals surface area contributed by atoms with Gasteiger partial charge in [0.25, 0.3) is 5.92 Å². The van der Waals surface area contributed by atoms with Gasteiger partial charge in [0.05, 0.1) is 28.0 Å². The summed E-state index contributed by atoms with van der Waals surface area (Å²) in [5, 5.41) is 12.0. The molecule has 166 valence electrons. The van der Waals surface area contributed by atoms with Crippen LogP contribution < -0.4 is 5.32 Å². The molecule has 1 spiro atoms. The summed E-state index contributed by atoms with van der Waals surface area (Å²) in [7, 11) is 0. The van der Waals surface area contributed by atoms with Gasteiger partial charge in [0.2, 0.25) is 5.89 Å². The maximum Gasteiger partial charge on any atom is 0.297 e. The number of aryl methyl sites for hydroxylation is 2. The molecule has 3 aromatic heterocycles. The predicted octanol–water partition coefficient (Wildman–Crippen LogP) is 4.48. The van der Waals surface area contributed by atoms with Gasteiger partial charge in [0, 0.05) is 22.9 Å². The molecule has 5 heterocycles. The average molecular weight is 470 g/mol. The third-order valence-electron chi connectivity index (χ3n) is 5.98. The smallest absolute Gasteiger partial charge is 0.297 e. The number of nitrogens with zero attached hydrogens (tertiary/aromatic N) is 4. The fraction of sp³-hybridized carbons (Fsp3) is 0.550. The van der Waals surface area contributed by atoms with Crippen molar-refractivity contribution in [1.82, 2.24) is 25.3 Å². The number of ether oxygens (including phenoxy) is 1. The summed E-state index contributed by atoms with van der Waals surface area (Å²) >= 11 is 7.32. The average Bonchev–Trinajstić information content (AvgIpc) is 3.39. The summed E-state index contributed by atoms with van der Waals surface area (Å²) in [4.78, 5) is 4.89. The number of piperidine rings is 1. The van der Waals surface area contributed by atoms with Crippen molar-refractivity contribution in [3.05, 3.63) is 50.1 Å². The SMILES string of the molecule is Cc1nc(Cn2cc([C@@H]3C[C@]4(C[C@H](C)N3)OCC(F)(F)c3cc(Cl)sc34)nn2)oc1C. The molecule has 0 saturated carbocycles. The Bertz CT molecular complexity index is 1110. The van der Waals surface area contributed by atoms with Crippen LogP contribution in [0.25, 0.3) is 0 Å². The first-order chi connectivity index (χ1) is 14.6. The Morgan fingerprint density at radius 3 is 2.90 bits per heavy atom. The predicted molar refractivity (Wildman–Crippen MR) is 111 cm³/mol. The molecule has 7 nitrogen and oxygen atoms in total. The van der Waals surface area contributed by atoms with Crippen LogP contribution in [0.3, 0.4) is 0 Å². The van der Waals surface area contributed by atoms with Crippen molar-refractivity contribution in [3.63, 3.8) is 0 Å². The fourth-order valence-electron chi connectivity index (χ4n) is 4.50. The maximum atomic E-state index is 14.5. The number of fused-ring (bicyclic) bond motifs is 2. The molecule has 3 atom stereocenters. The number of rotatable bonds is 3. The molecule has 0 radical (unpaired) electrons. The number of alkyl halides is 2. The Labute approximate surface area is 186 Å². The number of hydrogen-bond acceptors (Lipinski definition) is 7. The highest BCUT2D eigenvalue weighted by atomic mass is 35.5. The third-order valence-corrected chi connectivity index (χ3v) is 7.43. The van der Waals surface area contributed by atoms with Gasteiger partial charge in [-0.3, -0.25) is 0 Å². The molecule has 0 aromatic carbocycles. The second-order valence-electron chi connectivity index (χ2n) is 8.40. The summed E-state index contributed by atoms with van der Waals surface area (Å²) in [6.45, 7) is 5.48. The molecule has 5 rings (SSSR count). The molecular formula is C20H22ClF2N5O2S. The highest BCUT2D eigenvalue weighted by Gasteiger charge is 2.53. The first kappa shape index (κ1) is 21.0. The van der Waals surface area contributed by atoms with E-state index in [0.717, 1.165) is 17.1 Å². The molecule has 0 bridgehead atoms. The summed E-state index contributed by atoms with van der Waals surface area (Å²) < 4.78 is 42.5. The van der Waals surface area contributed by atoms with Crippen LogP contribution in [0.2, 0.25) is 4.34 Å². The van der Waals surface area contributed by atoms with E-state index in [1.165, 1.54) is 17.4 Å². The summed E-state index contributed by atoms with van der Waals surface area (Å²) in [5.74, 6) is -1.70. The van der Waals surface area contributed by atoms with E-state index in [2.05, 4.69) is 20.6 Å². The second kappa shape index (κ2) is 7.33. The fourth-order valence-corrected chi connectivity index (χ4v) is 5.94. The van der Waals surface area contributed by atoms with Crippen molar-refractivity contribution in [2.24, 2.45) is 0 Å². The molecule has 31 heavy (non-hydrogen) atoms. The first-order valence-corrected chi connectivity index (χ1v) is 11.3. The lowest BCUT2D eigenvalue weighted by atomic mass is 9.78.